The molecular weight excluding hydrogens is 238 g/mol. The smallest absolute Gasteiger partial charge is 0.338 e. The highest BCUT2D eigenvalue weighted by atomic mass is 28.4. The number of amides is 3. The number of carbonyl (C=O) groups is 3. The average molecular weight is 259 g/mol. The molecule has 0 aromatic rings. The van der Waals surface area contributed by atoms with Gasteiger partial charge in [0.25, 0.3) is 0 Å². The van der Waals surface area contributed by atoms with Crippen molar-refractivity contribution in [1.82, 2.24) is 13.7 Å². The van der Waals surface area contributed by atoms with E-state index in [-0.39, 0.29) is 17.7 Å². The molecule has 0 heterocycles. The largest absolute Gasteiger partial charge is 0.382 e. The highest BCUT2D eigenvalue weighted by Gasteiger charge is 2.47. The minimum atomic E-state index is -2.80. The van der Waals surface area contributed by atoms with Crippen molar-refractivity contribution in [3.8, 4) is 0 Å². The maximum Gasteiger partial charge on any atom is 0.382 e. The molecule has 0 radical (unpaired) electrons. The zero-order chi connectivity index (χ0) is 14.0. The minimum absolute atomic E-state index is 0.166. The molecule has 0 aromatic carbocycles. The Morgan fingerprint density at radius 3 is 1.00 bits per heavy atom. The molecule has 3 amide bonds. The lowest BCUT2D eigenvalue weighted by Crippen LogP contribution is -2.73. The maximum atomic E-state index is 11.5. The van der Waals surface area contributed by atoms with E-state index in [1.54, 1.807) is 27.7 Å². The summed E-state index contributed by atoms with van der Waals surface area (Å²) in [5.74, 6) is -0.499. The second kappa shape index (κ2) is 5.31. The lowest BCUT2D eigenvalue weighted by molar-refractivity contribution is -0.128. The average Bonchev–Trinajstić information content (AvgIpc) is 2.24. The first-order valence-electron chi connectivity index (χ1n) is 5.30. The van der Waals surface area contributed by atoms with Crippen LogP contribution in [0, 0.1) is 0 Å². The summed E-state index contributed by atoms with van der Waals surface area (Å²) in [7, 11) is 2.06. The van der Waals surface area contributed by atoms with E-state index in [9.17, 15) is 14.4 Å². The fourth-order valence-electron chi connectivity index (χ4n) is 1.57. The quantitative estimate of drug-likeness (QED) is 0.670. The molecule has 0 saturated heterocycles. The zero-order valence-electron chi connectivity index (χ0n) is 11.6. The minimum Gasteiger partial charge on any atom is -0.338 e. The van der Waals surface area contributed by atoms with Gasteiger partial charge in [-0.05, 0) is 6.55 Å². The Bertz CT molecular complexity index is 295. The molecule has 0 aromatic heterocycles. The summed E-state index contributed by atoms with van der Waals surface area (Å²) in [6.07, 6.45) is 0. The molecule has 17 heavy (non-hydrogen) atoms. The van der Waals surface area contributed by atoms with Crippen LogP contribution in [0.5, 0.6) is 0 Å². The Morgan fingerprint density at radius 2 is 0.882 bits per heavy atom. The maximum absolute atomic E-state index is 11.5. The summed E-state index contributed by atoms with van der Waals surface area (Å²) in [5.41, 5.74) is 0. The topological polar surface area (TPSA) is 60.9 Å². The molecule has 98 valence electrons. The van der Waals surface area contributed by atoms with Gasteiger partial charge in [0.15, 0.2) is 0 Å². The predicted octanol–water partition coefficient (Wildman–Crippen LogP) is -0.01000. The molecular formula is C10H21N3O3Si. The third kappa shape index (κ3) is 2.85. The second-order valence-corrected chi connectivity index (χ2v) is 8.16. The second-order valence-electron chi connectivity index (χ2n) is 4.20. The number of hydrogen-bond acceptors (Lipinski definition) is 3. The highest BCUT2D eigenvalue weighted by molar-refractivity contribution is 6.76. The highest BCUT2D eigenvalue weighted by Crippen LogP contribution is 2.17. The van der Waals surface area contributed by atoms with E-state index in [4.69, 9.17) is 0 Å². The summed E-state index contributed by atoms with van der Waals surface area (Å²) in [6.45, 7) is 6.06. The van der Waals surface area contributed by atoms with Crippen LogP contribution in [0.2, 0.25) is 6.55 Å². The monoisotopic (exact) mass is 259 g/mol. The van der Waals surface area contributed by atoms with E-state index in [1.807, 2.05) is 0 Å². The summed E-state index contributed by atoms with van der Waals surface area (Å²) < 4.78 is 4.49. The van der Waals surface area contributed by atoms with Crippen LogP contribution >= 0.6 is 0 Å². The summed E-state index contributed by atoms with van der Waals surface area (Å²) in [5, 5.41) is 0. The summed E-state index contributed by atoms with van der Waals surface area (Å²) in [4.78, 5) is 34.6. The van der Waals surface area contributed by atoms with Gasteiger partial charge in [0.2, 0.25) is 17.7 Å². The van der Waals surface area contributed by atoms with E-state index in [0.29, 0.717) is 0 Å². The Labute approximate surface area is 103 Å². The molecule has 0 rings (SSSR count). The van der Waals surface area contributed by atoms with E-state index in [0.717, 1.165) is 0 Å². The lowest BCUT2D eigenvalue weighted by atomic mass is 10.7. The third-order valence-electron chi connectivity index (χ3n) is 3.32. The molecule has 0 bridgehead atoms. The zero-order valence-corrected chi connectivity index (χ0v) is 12.6. The van der Waals surface area contributed by atoms with Crippen molar-refractivity contribution in [1.29, 1.82) is 0 Å². The first kappa shape index (κ1) is 15.6. The Balaban J connectivity index is 5.58. The van der Waals surface area contributed by atoms with Gasteiger partial charge in [0.1, 0.15) is 0 Å². The SMILES string of the molecule is CC(=O)N(C)[Si](C)(N(C)C(C)=O)N(C)C(C)=O. The standard InChI is InChI=1S/C10H21N3O3Si/c1-8(14)11(4)17(7,12(5)9(2)15)13(6)10(3)16/h1-7H3. The first-order valence-corrected chi connectivity index (χ1v) is 7.64. The molecule has 0 saturated carbocycles. The van der Waals surface area contributed by atoms with E-state index in [2.05, 4.69) is 0 Å². The van der Waals surface area contributed by atoms with Crippen LogP contribution < -0.4 is 0 Å². The molecule has 0 aliphatic rings. The van der Waals surface area contributed by atoms with Gasteiger partial charge in [-0.2, -0.15) is 0 Å². The van der Waals surface area contributed by atoms with Crippen LogP contribution in [0.4, 0.5) is 0 Å². The molecule has 6 nitrogen and oxygen atoms in total. The van der Waals surface area contributed by atoms with Crippen LogP contribution in [-0.2, 0) is 14.4 Å². The Morgan fingerprint density at radius 1 is 0.706 bits per heavy atom. The van der Waals surface area contributed by atoms with Crippen molar-refractivity contribution in [3.05, 3.63) is 0 Å². The summed E-state index contributed by atoms with van der Waals surface area (Å²) >= 11 is 0. The number of rotatable bonds is 3. The van der Waals surface area contributed by atoms with Gasteiger partial charge in [0, 0.05) is 41.9 Å². The van der Waals surface area contributed by atoms with Crippen molar-refractivity contribution < 1.29 is 14.4 Å². The van der Waals surface area contributed by atoms with Crippen molar-refractivity contribution >= 4 is 26.3 Å². The van der Waals surface area contributed by atoms with Crippen molar-refractivity contribution in [2.45, 2.75) is 27.3 Å². The van der Waals surface area contributed by atoms with Gasteiger partial charge >= 0.3 is 8.56 Å². The fraction of sp³-hybridized carbons (Fsp3) is 0.700. The number of nitrogens with zero attached hydrogens (tertiary/aromatic N) is 3. The van der Waals surface area contributed by atoms with Gasteiger partial charge < -0.3 is 13.7 Å². The van der Waals surface area contributed by atoms with E-state index in [1.165, 1.54) is 34.5 Å². The van der Waals surface area contributed by atoms with Gasteiger partial charge in [-0.1, -0.05) is 0 Å². The fourth-order valence-corrected chi connectivity index (χ4v) is 4.71. The lowest BCUT2D eigenvalue weighted by Gasteiger charge is -2.46. The van der Waals surface area contributed by atoms with E-state index < -0.39 is 8.56 Å². The molecule has 0 atom stereocenters. The van der Waals surface area contributed by atoms with Crippen LogP contribution in [0.3, 0.4) is 0 Å². The molecule has 0 unspecified atom stereocenters. The van der Waals surface area contributed by atoms with Crippen molar-refractivity contribution in [3.63, 3.8) is 0 Å². The first-order chi connectivity index (χ1) is 7.56. The van der Waals surface area contributed by atoms with Crippen LogP contribution in [0.1, 0.15) is 20.8 Å². The van der Waals surface area contributed by atoms with Crippen LogP contribution in [-0.4, -0.2) is 61.1 Å². The van der Waals surface area contributed by atoms with Crippen LogP contribution in [0.25, 0.3) is 0 Å². The van der Waals surface area contributed by atoms with Crippen LogP contribution in [0.15, 0.2) is 0 Å². The molecule has 0 spiro atoms. The Kier molecular flexibility index (Phi) is 4.88. The molecule has 0 aliphatic heterocycles. The molecule has 0 fully saturated rings. The Hall–Kier alpha value is -1.37. The van der Waals surface area contributed by atoms with Crippen molar-refractivity contribution in [2.75, 3.05) is 21.1 Å². The summed E-state index contributed by atoms with van der Waals surface area (Å²) in [6, 6.07) is 0. The van der Waals surface area contributed by atoms with Crippen molar-refractivity contribution in [2.24, 2.45) is 0 Å². The van der Waals surface area contributed by atoms with Gasteiger partial charge in [-0.15, -0.1) is 0 Å². The predicted molar refractivity (Wildman–Crippen MR) is 67.0 cm³/mol. The normalized spacial score (nSPS) is 10.8. The molecule has 0 N–H and O–H groups in total. The third-order valence-corrected chi connectivity index (χ3v) is 8.08. The van der Waals surface area contributed by atoms with Gasteiger partial charge in [-0.25, -0.2) is 0 Å². The number of carbonyl (C=O) groups excluding carboxylic acids is 3. The van der Waals surface area contributed by atoms with Gasteiger partial charge in [-0.3, -0.25) is 14.4 Å². The molecule has 7 heteroatoms. The molecule has 0 aliphatic carbocycles. The van der Waals surface area contributed by atoms with Gasteiger partial charge in [0.05, 0.1) is 0 Å². The number of hydrogen-bond donors (Lipinski definition) is 0. The van der Waals surface area contributed by atoms with E-state index >= 15 is 0 Å².